The lowest BCUT2D eigenvalue weighted by molar-refractivity contribution is 0.413. The molecule has 0 aliphatic carbocycles. The van der Waals surface area contributed by atoms with Crippen molar-refractivity contribution in [3.05, 3.63) is 35.2 Å². The van der Waals surface area contributed by atoms with Crippen LogP contribution in [-0.2, 0) is 0 Å². The summed E-state index contributed by atoms with van der Waals surface area (Å²) >= 11 is 0. The van der Waals surface area contributed by atoms with E-state index in [-0.39, 0.29) is 0 Å². The van der Waals surface area contributed by atoms with Crippen LogP contribution in [0, 0.1) is 20.8 Å². The third-order valence-electron chi connectivity index (χ3n) is 3.56. The van der Waals surface area contributed by atoms with E-state index in [2.05, 4.69) is 48.2 Å². The monoisotopic (exact) mass is 271 g/mol. The Morgan fingerprint density at radius 3 is 2.50 bits per heavy atom. The molecule has 4 heteroatoms. The number of hydrogen-bond acceptors (Lipinski definition) is 4. The Bertz CT molecular complexity index is 623. The molecule has 0 aliphatic rings. The molecule has 0 aliphatic heterocycles. The van der Waals surface area contributed by atoms with Gasteiger partial charge in [-0.15, -0.1) is 0 Å². The SMILES string of the molecule is CCNc1ncnc(-c2ccc(C)c(C)c2OC)c1C. The molecule has 0 bridgehead atoms. The predicted octanol–water partition coefficient (Wildman–Crippen LogP) is 3.51. The highest BCUT2D eigenvalue weighted by molar-refractivity contribution is 5.75. The van der Waals surface area contributed by atoms with Crippen molar-refractivity contribution in [1.29, 1.82) is 0 Å². The lowest BCUT2D eigenvalue weighted by atomic mass is 10.00. The molecule has 0 saturated heterocycles. The second-order valence-electron chi connectivity index (χ2n) is 4.81. The molecular formula is C16H21N3O. The number of aromatic nitrogens is 2. The van der Waals surface area contributed by atoms with Crippen LogP contribution in [0.25, 0.3) is 11.3 Å². The van der Waals surface area contributed by atoms with E-state index >= 15 is 0 Å². The Morgan fingerprint density at radius 2 is 1.85 bits per heavy atom. The molecule has 20 heavy (non-hydrogen) atoms. The molecule has 1 N–H and O–H groups in total. The van der Waals surface area contributed by atoms with E-state index in [1.54, 1.807) is 13.4 Å². The summed E-state index contributed by atoms with van der Waals surface area (Å²) in [6.45, 7) is 9.07. The molecule has 4 nitrogen and oxygen atoms in total. The van der Waals surface area contributed by atoms with Crippen LogP contribution >= 0.6 is 0 Å². The highest BCUT2D eigenvalue weighted by Crippen LogP contribution is 2.36. The van der Waals surface area contributed by atoms with Gasteiger partial charge in [-0.3, -0.25) is 0 Å². The van der Waals surface area contributed by atoms with Crippen molar-refractivity contribution in [2.45, 2.75) is 27.7 Å². The fourth-order valence-corrected chi connectivity index (χ4v) is 2.31. The summed E-state index contributed by atoms with van der Waals surface area (Å²) in [7, 11) is 1.70. The second-order valence-corrected chi connectivity index (χ2v) is 4.81. The van der Waals surface area contributed by atoms with Crippen molar-refractivity contribution >= 4 is 5.82 Å². The highest BCUT2D eigenvalue weighted by atomic mass is 16.5. The van der Waals surface area contributed by atoms with Gasteiger partial charge in [-0.25, -0.2) is 9.97 Å². The molecule has 0 saturated carbocycles. The number of rotatable bonds is 4. The molecular weight excluding hydrogens is 250 g/mol. The summed E-state index contributed by atoms with van der Waals surface area (Å²) in [5, 5.41) is 3.26. The minimum Gasteiger partial charge on any atom is -0.496 e. The van der Waals surface area contributed by atoms with E-state index in [0.717, 1.165) is 40.5 Å². The van der Waals surface area contributed by atoms with Gasteiger partial charge in [0.1, 0.15) is 17.9 Å². The molecule has 106 valence electrons. The molecule has 0 spiro atoms. The van der Waals surface area contributed by atoms with Gasteiger partial charge in [-0.2, -0.15) is 0 Å². The maximum absolute atomic E-state index is 5.59. The first kappa shape index (κ1) is 14.3. The largest absolute Gasteiger partial charge is 0.496 e. The average Bonchev–Trinajstić information content (AvgIpc) is 2.44. The first-order valence-corrected chi connectivity index (χ1v) is 6.80. The van der Waals surface area contributed by atoms with Gasteiger partial charge in [0.2, 0.25) is 0 Å². The second kappa shape index (κ2) is 5.90. The number of aryl methyl sites for hydroxylation is 1. The highest BCUT2D eigenvalue weighted by Gasteiger charge is 2.15. The summed E-state index contributed by atoms with van der Waals surface area (Å²) in [5.41, 5.74) is 5.32. The van der Waals surface area contributed by atoms with Gasteiger partial charge in [0.25, 0.3) is 0 Å². The predicted molar refractivity (Wildman–Crippen MR) is 82.4 cm³/mol. The van der Waals surface area contributed by atoms with Crippen LogP contribution in [-0.4, -0.2) is 23.6 Å². The van der Waals surface area contributed by atoms with Crippen LogP contribution < -0.4 is 10.1 Å². The maximum Gasteiger partial charge on any atom is 0.132 e. The zero-order chi connectivity index (χ0) is 14.7. The van der Waals surface area contributed by atoms with Crippen molar-refractivity contribution in [1.82, 2.24) is 9.97 Å². The molecule has 1 aromatic carbocycles. The van der Waals surface area contributed by atoms with Crippen molar-refractivity contribution in [3.63, 3.8) is 0 Å². The van der Waals surface area contributed by atoms with Crippen LogP contribution in [0.5, 0.6) is 5.75 Å². The normalized spacial score (nSPS) is 10.4. The number of benzene rings is 1. The van der Waals surface area contributed by atoms with Crippen molar-refractivity contribution in [3.8, 4) is 17.0 Å². The third-order valence-corrected chi connectivity index (χ3v) is 3.56. The zero-order valence-corrected chi connectivity index (χ0v) is 12.7. The minimum absolute atomic E-state index is 0.835. The Labute approximate surface area is 120 Å². The summed E-state index contributed by atoms with van der Waals surface area (Å²) in [6, 6.07) is 4.16. The number of anilines is 1. The number of ether oxygens (including phenoxy) is 1. The van der Waals surface area contributed by atoms with Gasteiger partial charge >= 0.3 is 0 Å². The lowest BCUT2D eigenvalue weighted by Crippen LogP contribution is -2.04. The van der Waals surface area contributed by atoms with Crippen molar-refractivity contribution in [2.24, 2.45) is 0 Å². The van der Waals surface area contributed by atoms with Crippen LogP contribution in [0.1, 0.15) is 23.6 Å². The molecule has 0 radical (unpaired) electrons. The van der Waals surface area contributed by atoms with Gasteiger partial charge < -0.3 is 10.1 Å². The first-order valence-electron chi connectivity index (χ1n) is 6.80. The fraction of sp³-hybridized carbons (Fsp3) is 0.375. The summed E-state index contributed by atoms with van der Waals surface area (Å²) in [6.07, 6.45) is 1.59. The van der Waals surface area contributed by atoms with Crippen LogP contribution in [0.15, 0.2) is 18.5 Å². The summed E-state index contributed by atoms with van der Waals surface area (Å²) in [4.78, 5) is 8.73. The first-order chi connectivity index (χ1) is 9.60. The molecule has 1 heterocycles. The van der Waals surface area contributed by atoms with E-state index in [4.69, 9.17) is 4.74 Å². The molecule has 0 unspecified atom stereocenters. The topological polar surface area (TPSA) is 47.0 Å². The fourth-order valence-electron chi connectivity index (χ4n) is 2.31. The summed E-state index contributed by atoms with van der Waals surface area (Å²) in [5.74, 6) is 1.76. The van der Waals surface area contributed by atoms with E-state index < -0.39 is 0 Å². The van der Waals surface area contributed by atoms with Crippen molar-refractivity contribution in [2.75, 3.05) is 19.0 Å². The Morgan fingerprint density at radius 1 is 1.10 bits per heavy atom. The molecule has 2 aromatic rings. The van der Waals surface area contributed by atoms with Crippen LogP contribution in [0.2, 0.25) is 0 Å². The van der Waals surface area contributed by atoms with Gasteiger partial charge in [-0.05, 0) is 44.9 Å². The van der Waals surface area contributed by atoms with Gasteiger partial charge in [0, 0.05) is 17.7 Å². The van der Waals surface area contributed by atoms with Crippen molar-refractivity contribution < 1.29 is 4.74 Å². The minimum atomic E-state index is 0.835. The number of methoxy groups -OCH3 is 1. The standard InChI is InChI=1S/C16H21N3O/c1-6-17-16-12(4)14(18-9-19-16)13-8-7-10(2)11(3)15(13)20-5/h7-9H,6H2,1-5H3,(H,17,18,19). The average molecular weight is 271 g/mol. The summed E-state index contributed by atoms with van der Waals surface area (Å²) < 4.78 is 5.59. The van der Waals surface area contributed by atoms with Crippen LogP contribution in [0.4, 0.5) is 5.82 Å². The number of nitrogens with one attached hydrogen (secondary N) is 1. The van der Waals surface area contributed by atoms with Crippen LogP contribution in [0.3, 0.4) is 0 Å². The number of nitrogens with zero attached hydrogens (tertiary/aromatic N) is 2. The lowest BCUT2D eigenvalue weighted by Gasteiger charge is -2.15. The number of hydrogen-bond donors (Lipinski definition) is 1. The zero-order valence-electron chi connectivity index (χ0n) is 12.7. The van der Waals surface area contributed by atoms with Gasteiger partial charge in [-0.1, -0.05) is 6.07 Å². The quantitative estimate of drug-likeness (QED) is 0.924. The van der Waals surface area contributed by atoms with Gasteiger partial charge in [0.15, 0.2) is 0 Å². The maximum atomic E-state index is 5.59. The smallest absolute Gasteiger partial charge is 0.132 e. The van der Waals surface area contributed by atoms with E-state index in [1.165, 1.54) is 5.56 Å². The molecule has 0 fully saturated rings. The molecule has 0 amide bonds. The third kappa shape index (κ3) is 2.46. The van der Waals surface area contributed by atoms with E-state index in [9.17, 15) is 0 Å². The Kier molecular flexibility index (Phi) is 4.23. The van der Waals surface area contributed by atoms with E-state index in [1.807, 2.05) is 6.92 Å². The van der Waals surface area contributed by atoms with E-state index in [0.29, 0.717) is 0 Å². The van der Waals surface area contributed by atoms with Gasteiger partial charge in [0.05, 0.1) is 12.8 Å². The Balaban J connectivity index is 2.63. The Hall–Kier alpha value is -2.10. The molecule has 2 rings (SSSR count). The molecule has 1 aromatic heterocycles. The molecule has 0 atom stereocenters.